The van der Waals surface area contributed by atoms with Crippen molar-refractivity contribution in [2.75, 3.05) is 6.61 Å². The van der Waals surface area contributed by atoms with Gasteiger partial charge in [0.25, 0.3) is 0 Å². The lowest BCUT2D eigenvalue weighted by Gasteiger charge is -2.34. The molecule has 0 saturated carbocycles. The second-order valence-corrected chi connectivity index (χ2v) is 6.46. The highest BCUT2D eigenvalue weighted by Crippen LogP contribution is 2.41. The number of hydrogen-bond donors (Lipinski definition) is 1. The van der Waals surface area contributed by atoms with E-state index in [9.17, 15) is 9.90 Å². The Bertz CT molecular complexity index is 502. The third-order valence-electron chi connectivity index (χ3n) is 4.04. The summed E-state index contributed by atoms with van der Waals surface area (Å²) in [5.74, 6) is -0.162. The van der Waals surface area contributed by atoms with E-state index in [0.29, 0.717) is 19.6 Å². The summed E-state index contributed by atoms with van der Waals surface area (Å²) in [7, 11) is 0. The van der Waals surface area contributed by atoms with Crippen LogP contribution in [0.15, 0.2) is 6.07 Å². The van der Waals surface area contributed by atoms with Crippen LogP contribution >= 0.6 is 0 Å². The van der Waals surface area contributed by atoms with Gasteiger partial charge in [-0.25, -0.2) is 0 Å². The number of ether oxygens (including phenoxy) is 1. The predicted octanol–water partition coefficient (Wildman–Crippen LogP) is 2.76. The molecule has 0 aliphatic heterocycles. The highest BCUT2D eigenvalue weighted by Gasteiger charge is 2.34. The van der Waals surface area contributed by atoms with Crippen LogP contribution in [0.2, 0.25) is 0 Å². The van der Waals surface area contributed by atoms with Gasteiger partial charge in [0.05, 0.1) is 19.1 Å². The number of aliphatic hydroxyl groups is 1. The fourth-order valence-corrected chi connectivity index (χ4v) is 3.15. The maximum atomic E-state index is 11.5. The molecule has 0 aromatic carbocycles. The summed E-state index contributed by atoms with van der Waals surface area (Å²) in [6.45, 7) is 9.26. The predicted molar refractivity (Wildman–Crippen MR) is 77.5 cm³/mol. The molecule has 0 bridgehead atoms. The van der Waals surface area contributed by atoms with Crippen LogP contribution in [0, 0.1) is 12.3 Å². The number of nitrogens with zero attached hydrogens (tertiary/aromatic N) is 1. The van der Waals surface area contributed by atoms with Crippen LogP contribution in [0.1, 0.15) is 56.7 Å². The number of fused-ring (bicyclic) bond motifs is 1. The molecule has 1 heterocycles. The number of hydrogen-bond acceptors (Lipinski definition) is 3. The minimum atomic E-state index is -0.392. The summed E-state index contributed by atoms with van der Waals surface area (Å²) in [5.41, 5.74) is 3.41. The first-order chi connectivity index (χ1) is 9.34. The van der Waals surface area contributed by atoms with Gasteiger partial charge in [-0.15, -0.1) is 0 Å². The van der Waals surface area contributed by atoms with Crippen molar-refractivity contribution < 1.29 is 14.6 Å². The van der Waals surface area contributed by atoms with Gasteiger partial charge in [0.2, 0.25) is 0 Å². The smallest absolute Gasteiger partial charge is 0.307 e. The Balaban J connectivity index is 2.20. The zero-order valence-electron chi connectivity index (χ0n) is 12.9. The summed E-state index contributed by atoms with van der Waals surface area (Å²) in [6.07, 6.45) is 1.72. The fourth-order valence-electron chi connectivity index (χ4n) is 3.15. The normalized spacial score (nSPS) is 20.6. The Kier molecular flexibility index (Phi) is 4.23. The van der Waals surface area contributed by atoms with E-state index in [1.165, 1.54) is 5.69 Å². The van der Waals surface area contributed by atoms with Gasteiger partial charge >= 0.3 is 5.97 Å². The third kappa shape index (κ3) is 3.06. The molecule has 0 spiro atoms. The molecule has 4 nitrogen and oxygen atoms in total. The lowest BCUT2D eigenvalue weighted by Crippen LogP contribution is -2.27. The molecule has 4 heteroatoms. The zero-order chi connectivity index (χ0) is 14.9. The van der Waals surface area contributed by atoms with Crippen LogP contribution < -0.4 is 0 Å². The average molecular weight is 279 g/mol. The standard InChI is InChI=1S/C16H25NO3/c1-5-20-15(19)6-7-17-11(2)8-12-13(17)9-16(3,4)10-14(12)18/h8,14,18H,5-7,9-10H2,1-4H3. The maximum absolute atomic E-state index is 11.5. The molecule has 1 unspecified atom stereocenters. The van der Waals surface area contributed by atoms with Crippen molar-refractivity contribution in [1.29, 1.82) is 0 Å². The van der Waals surface area contributed by atoms with Gasteiger partial charge in [-0.05, 0) is 38.2 Å². The Morgan fingerprint density at radius 2 is 2.25 bits per heavy atom. The minimum absolute atomic E-state index is 0.0961. The molecule has 0 saturated heterocycles. The van der Waals surface area contributed by atoms with Gasteiger partial charge in [0, 0.05) is 23.5 Å². The van der Waals surface area contributed by atoms with E-state index in [1.54, 1.807) is 0 Å². The second kappa shape index (κ2) is 5.60. The number of aliphatic hydroxyl groups excluding tert-OH is 1. The summed E-state index contributed by atoms with van der Waals surface area (Å²) in [5, 5.41) is 10.3. The van der Waals surface area contributed by atoms with Crippen LogP contribution in [0.25, 0.3) is 0 Å². The largest absolute Gasteiger partial charge is 0.466 e. The molecule has 112 valence electrons. The van der Waals surface area contributed by atoms with Crippen molar-refractivity contribution in [1.82, 2.24) is 4.57 Å². The van der Waals surface area contributed by atoms with Crippen molar-refractivity contribution in [2.45, 2.75) is 59.6 Å². The molecule has 0 radical (unpaired) electrons. The summed E-state index contributed by atoms with van der Waals surface area (Å²) in [6, 6.07) is 2.06. The number of aryl methyl sites for hydroxylation is 1. The number of carbonyl (C=O) groups excluding carboxylic acids is 1. The monoisotopic (exact) mass is 279 g/mol. The Morgan fingerprint density at radius 1 is 1.55 bits per heavy atom. The van der Waals surface area contributed by atoms with Gasteiger partial charge in [-0.3, -0.25) is 4.79 Å². The topological polar surface area (TPSA) is 51.5 Å². The van der Waals surface area contributed by atoms with Crippen molar-refractivity contribution in [2.24, 2.45) is 5.41 Å². The molecular formula is C16H25NO3. The average Bonchev–Trinajstić information content (AvgIpc) is 2.62. The van der Waals surface area contributed by atoms with E-state index < -0.39 is 6.10 Å². The van der Waals surface area contributed by atoms with E-state index in [1.807, 2.05) is 13.8 Å². The first-order valence-corrected chi connectivity index (χ1v) is 7.36. The molecule has 1 aliphatic rings. The quantitative estimate of drug-likeness (QED) is 0.862. The van der Waals surface area contributed by atoms with Crippen LogP contribution in [-0.4, -0.2) is 22.2 Å². The lowest BCUT2D eigenvalue weighted by molar-refractivity contribution is -0.143. The number of rotatable bonds is 4. The van der Waals surface area contributed by atoms with Crippen LogP contribution in [0.3, 0.4) is 0 Å². The highest BCUT2D eigenvalue weighted by atomic mass is 16.5. The van der Waals surface area contributed by atoms with Gasteiger partial charge in [0.15, 0.2) is 0 Å². The number of aromatic nitrogens is 1. The molecule has 1 aromatic rings. The van der Waals surface area contributed by atoms with Crippen molar-refractivity contribution in [3.05, 3.63) is 23.0 Å². The second-order valence-electron chi connectivity index (χ2n) is 6.46. The SMILES string of the molecule is CCOC(=O)CCn1c(C)cc2c1CC(C)(C)CC2O. The van der Waals surface area contributed by atoms with Gasteiger partial charge in [-0.2, -0.15) is 0 Å². The lowest BCUT2D eigenvalue weighted by atomic mass is 9.75. The van der Waals surface area contributed by atoms with E-state index in [2.05, 4.69) is 24.5 Å². The number of carbonyl (C=O) groups is 1. The van der Waals surface area contributed by atoms with E-state index in [0.717, 1.165) is 24.1 Å². The summed E-state index contributed by atoms with van der Waals surface area (Å²) in [4.78, 5) is 11.5. The van der Waals surface area contributed by atoms with E-state index in [-0.39, 0.29) is 11.4 Å². The van der Waals surface area contributed by atoms with Crippen LogP contribution in [0.5, 0.6) is 0 Å². The molecular weight excluding hydrogens is 254 g/mol. The Labute approximate surface area is 120 Å². The van der Waals surface area contributed by atoms with Crippen molar-refractivity contribution in [3.63, 3.8) is 0 Å². The molecule has 1 aromatic heterocycles. The van der Waals surface area contributed by atoms with Gasteiger partial charge in [-0.1, -0.05) is 13.8 Å². The number of esters is 1. The first kappa shape index (κ1) is 15.1. The maximum Gasteiger partial charge on any atom is 0.307 e. The van der Waals surface area contributed by atoms with Crippen LogP contribution in [0.4, 0.5) is 0 Å². The molecule has 0 amide bonds. The molecule has 2 rings (SSSR count). The van der Waals surface area contributed by atoms with Crippen LogP contribution in [-0.2, 0) is 22.5 Å². The van der Waals surface area contributed by atoms with Crippen molar-refractivity contribution in [3.8, 4) is 0 Å². The highest BCUT2D eigenvalue weighted by molar-refractivity contribution is 5.69. The third-order valence-corrected chi connectivity index (χ3v) is 4.04. The Morgan fingerprint density at radius 3 is 2.90 bits per heavy atom. The molecule has 0 fully saturated rings. The molecule has 1 atom stereocenters. The minimum Gasteiger partial charge on any atom is -0.466 e. The molecule has 20 heavy (non-hydrogen) atoms. The van der Waals surface area contributed by atoms with Gasteiger partial charge < -0.3 is 14.4 Å². The fraction of sp³-hybridized carbons (Fsp3) is 0.688. The van der Waals surface area contributed by atoms with E-state index >= 15 is 0 Å². The zero-order valence-corrected chi connectivity index (χ0v) is 12.9. The summed E-state index contributed by atoms with van der Waals surface area (Å²) < 4.78 is 7.15. The molecule has 1 aliphatic carbocycles. The summed E-state index contributed by atoms with van der Waals surface area (Å²) >= 11 is 0. The first-order valence-electron chi connectivity index (χ1n) is 7.36. The van der Waals surface area contributed by atoms with Crippen molar-refractivity contribution >= 4 is 5.97 Å². The Hall–Kier alpha value is -1.29. The van der Waals surface area contributed by atoms with Gasteiger partial charge in [0.1, 0.15) is 0 Å². The van der Waals surface area contributed by atoms with E-state index in [4.69, 9.17) is 4.74 Å². The molecule has 1 N–H and O–H groups in total.